The molecule has 3 N–H and O–H groups in total. The molecule has 1 amide bonds. The Balaban J connectivity index is 0.00000192. The molecule has 0 atom stereocenters. The van der Waals surface area contributed by atoms with Gasteiger partial charge in [0.2, 0.25) is 11.8 Å². The number of halogens is 1. The van der Waals surface area contributed by atoms with E-state index in [2.05, 4.69) is 31.1 Å². The highest BCUT2D eigenvalue weighted by atomic mass is 35.5. The zero-order chi connectivity index (χ0) is 16.0. The number of anilines is 1. The number of fused-ring (bicyclic) bond motifs is 1. The van der Waals surface area contributed by atoms with E-state index in [1.807, 2.05) is 18.2 Å². The van der Waals surface area contributed by atoms with Gasteiger partial charge < -0.3 is 15.5 Å². The molecular formula is C17H24ClN3O2. The van der Waals surface area contributed by atoms with Crippen LogP contribution in [-0.4, -0.2) is 16.4 Å². The summed E-state index contributed by atoms with van der Waals surface area (Å²) in [5.74, 6) is 0.584. The van der Waals surface area contributed by atoms with Crippen molar-refractivity contribution in [2.24, 2.45) is 5.73 Å². The first-order chi connectivity index (χ1) is 10.3. The zero-order valence-corrected chi connectivity index (χ0v) is 14.6. The molecule has 1 aromatic heterocycles. The van der Waals surface area contributed by atoms with E-state index in [9.17, 15) is 4.79 Å². The van der Waals surface area contributed by atoms with Crippen LogP contribution in [-0.2, 0) is 10.2 Å². The van der Waals surface area contributed by atoms with Gasteiger partial charge in [0.25, 0.3) is 0 Å². The number of aromatic nitrogens is 1. The van der Waals surface area contributed by atoms with E-state index in [0.29, 0.717) is 11.6 Å². The van der Waals surface area contributed by atoms with Gasteiger partial charge in [0.1, 0.15) is 5.52 Å². The summed E-state index contributed by atoms with van der Waals surface area (Å²) >= 11 is 0. The number of hydrogen-bond donors (Lipinski definition) is 2. The van der Waals surface area contributed by atoms with E-state index in [1.165, 1.54) is 0 Å². The topological polar surface area (TPSA) is 81.2 Å². The number of carbonyl (C=O) groups excluding carboxylic acids is 1. The monoisotopic (exact) mass is 337 g/mol. The zero-order valence-electron chi connectivity index (χ0n) is 13.8. The van der Waals surface area contributed by atoms with Crippen molar-refractivity contribution in [1.82, 2.24) is 4.98 Å². The Morgan fingerprint density at radius 3 is 2.57 bits per heavy atom. The minimum Gasteiger partial charge on any atom is -0.440 e. The van der Waals surface area contributed by atoms with Crippen LogP contribution >= 0.6 is 12.4 Å². The molecule has 0 radical (unpaired) electrons. The van der Waals surface area contributed by atoms with Crippen molar-refractivity contribution >= 4 is 35.1 Å². The number of nitrogens with two attached hydrogens (primary N) is 1. The Morgan fingerprint density at radius 2 is 1.96 bits per heavy atom. The lowest BCUT2D eigenvalue weighted by Gasteiger charge is -2.22. The maximum absolute atomic E-state index is 12.4. The molecular weight excluding hydrogens is 314 g/mol. The molecule has 23 heavy (non-hydrogen) atoms. The highest BCUT2D eigenvalue weighted by Crippen LogP contribution is 2.30. The quantitative estimate of drug-likeness (QED) is 0.874. The fraction of sp³-hybridized carbons (Fsp3) is 0.529. The maximum atomic E-state index is 12.4. The third-order valence-corrected chi connectivity index (χ3v) is 4.24. The smallest absolute Gasteiger partial charge is 0.244 e. The van der Waals surface area contributed by atoms with Gasteiger partial charge in [-0.25, -0.2) is 4.98 Å². The summed E-state index contributed by atoms with van der Waals surface area (Å²) in [5.41, 5.74) is 7.50. The van der Waals surface area contributed by atoms with Crippen LogP contribution in [0.3, 0.4) is 0 Å². The number of benzene rings is 1. The average molecular weight is 338 g/mol. The van der Waals surface area contributed by atoms with Gasteiger partial charge in [-0.2, -0.15) is 0 Å². The first kappa shape index (κ1) is 17.8. The van der Waals surface area contributed by atoms with Gasteiger partial charge in [-0.05, 0) is 31.0 Å². The molecule has 0 bridgehead atoms. The molecule has 3 rings (SSSR count). The van der Waals surface area contributed by atoms with Gasteiger partial charge in [-0.15, -0.1) is 12.4 Å². The van der Waals surface area contributed by atoms with Crippen LogP contribution in [0.4, 0.5) is 5.69 Å². The third-order valence-electron chi connectivity index (χ3n) is 4.24. The number of amides is 1. The van der Waals surface area contributed by atoms with Crippen molar-refractivity contribution < 1.29 is 9.21 Å². The Morgan fingerprint density at radius 1 is 1.30 bits per heavy atom. The summed E-state index contributed by atoms with van der Waals surface area (Å²) in [6, 6.07) is 5.51. The van der Waals surface area contributed by atoms with Crippen LogP contribution in [0.5, 0.6) is 0 Å². The summed E-state index contributed by atoms with van der Waals surface area (Å²) in [7, 11) is 0. The van der Waals surface area contributed by atoms with Crippen LogP contribution in [0.2, 0.25) is 0 Å². The van der Waals surface area contributed by atoms with Crippen molar-refractivity contribution in [2.45, 2.75) is 57.4 Å². The Labute approximate surface area is 142 Å². The van der Waals surface area contributed by atoms with Crippen molar-refractivity contribution in [2.75, 3.05) is 5.32 Å². The van der Waals surface area contributed by atoms with Crippen LogP contribution in [0.15, 0.2) is 22.6 Å². The Hall–Kier alpha value is -1.59. The summed E-state index contributed by atoms with van der Waals surface area (Å²) in [4.78, 5) is 16.9. The third kappa shape index (κ3) is 3.51. The van der Waals surface area contributed by atoms with Crippen molar-refractivity contribution in [3.05, 3.63) is 24.1 Å². The average Bonchev–Trinajstić information content (AvgIpc) is 3.04. The summed E-state index contributed by atoms with van der Waals surface area (Å²) in [6.45, 7) is 6.16. The summed E-state index contributed by atoms with van der Waals surface area (Å²) < 4.78 is 5.76. The standard InChI is InChI=1S/C17H23N3O2.ClH/c1-16(2,3)15-20-12-10-11(6-7-13(12)22-15)19-14(21)17(18)8-4-5-9-17;/h6-7,10H,4-5,8-9,18H2,1-3H3,(H,19,21);1H. The molecule has 0 saturated heterocycles. The van der Waals surface area contributed by atoms with Crippen LogP contribution < -0.4 is 11.1 Å². The highest BCUT2D eigenvalue weighted by molar-refractivity contribution is 5.99. The van der Waals surface area contributed by atoms with Gasteiger partial charge in [0.05, 0.1) is 5.54 Å². The number of nitrogens with zero attached hydrogens (tertiary/aromatic N) is 1. The second kappa shape index (κ2) is 6.13. The van der Waals surface area contributed by atoms with E-state index in [-0.39, 0.29) is 23.7 Å². The molecule has 6 heteroatoms. The largest absolute Gasteiger partial charge is 0.440 e. The number of hydrogen-bond acceptors (Lipinski definition) is 4. The van der Waals surface area contributed by atoms with Gasteiger partial charge in [-0.3, -0.25) is 4.79 Å². The van der Waals surface area contributed by atoms with Gasteiger partial charge in [-0.1, -0.05) is 33.6 Å². The summed E-state index contributed by atoms with van der Waals surface area (Å²) in [6.07, 6.45) is 3.53. The second-order valence-electron chi connectivity index (χ2n) is 7.27. The first-order valence-corrected chi connectivity index (χ1v) is 7.79. The molecule has 126 valence electrons. The van der Waals surface area contributed by atoms with E-state index in [0.717, 1.165) is 36.8 Å². The lowest BCUT2D eigenvalue weighted by Crippen LogP contribution is -2.48. The van der Waals surface area contributed by atoms with Crippen molar-refractivity contribution in [3.63, 3.8) is 0 Å². The predicted molar refractivity (Wildman–Crippen MR) is 94.0 cm³/mol. The normalized spacial score (nSPS) is 17.0. The maximum Gasteiger partial charge on any atom is 0.244 e. The first-order valence-electron chi connectivity index (χ1n) is 7.79. The van der Waals surface area contributed by atoms with E-state index >= 15 is 0 Å². The molecule has 1 aliphatic carbocycles. The van der Waals surface area contributed by atoms with Crippen LogP contribution in [0, 0.1) is 0 Å². The number of oxazole rings is 1. The molecule has 5 nitrogen and oxygen atoms in total. The molecule has 0 spiro atoms. The van der Waals surface area contributed by atoms with E-state index in [1.54, 1.807) is 0 Å². The minimum atomic E-state index is -0.727. The summed E-state index contributed by atoms with van der Waals surface area (Å²) in [5, 5.41) is 2.92. The fourth-order valence-electron chi connectivity index (χ4n) is 2.81. The highest BCUT2D eigenvalue weighted by Gasteiger charge is 2.37. The van der Waals surface area contributed by atoms with Gasteiger partial charge in [0.15, 0.2) is 5.58 Å². The molecule has 1 fully saturated rings. The van der Waals surface area contributed by atoms with Crippen LogP contribution in [0.25, 0.3) is 11.1 Å². The SMILES string of the molecule is CC(C)(C)c1nc2cc(NC(=O)C3(N)CCCC3)ccc2o1.Cl. The molecule has 1 saturated carbocycles. The lowest BCUT2D eigenvalue weighted by molar-refractivity contribution is -0.121. The van der Waals surface area contributed by atoms with E-state index < -0.39 is 5.54 Å². The number of rotatable bonds is 2. The molecule has 1 heterocycles. The van der Waals surface area contributed by atoms with Gasteiger partial charge >= 0.3 is 0 Å². The van der Waals surface area contributed by atoms with Crippen molar-refractivity contribution in [3.8, 4) is 0 Å². The van der Waals surface area contributed by atoms with E-state index in [4.69, 9.17) is 10.2 Å². The Bertz CT molecular complexity index is 712. The molecule has 1 aromatic carbocycles. The van der Waals surface area contributed by atoms with Gasteiger partial charge in [0, 0.05) is 11.1 Å². The molecule has 1 aliphatic rings. The van der Waals surface area contributed by atoms with Crippen molar-refractivity contribution in [1.29, 1.82) is 0 Å². The number of carbonyl (C=O) groups is 1. The van der Waals surface area contributed by atoms with Crippen LogP contribution in [0.1, 0.15) is 52.3 Å². The lowest BCUT2D eigenvalue weighted by atomic mass is 9.97. The number of nitrogens with one attached hydrogen (secondary N) is 1. The minimum absolute atomic E-state index is 0. The molecule has 0 aliphatic heterocycles. The fourth-order valence-corrected chi connectivity index (χ4v) is 2.81. The second-order valence-corrected chi connectivity index (χ2v) is 7.27. The predicted octanol–water partition coefficient (Wildman–Crippen LogP) is 3.76. The molecule has 0 unspecified atom stereocenters. The molecule has 2 aromatic rings. The Kier molecular flexibility index (Phi) is 4.74.